The highest BCUT2D eigenvalue weighted by atomic mass is 35.5. The number of thiocarbonyl (C=S) groups is 1. The predicted octanol–water partition coefficient (Wildman–Crippen LogP) is 5.38. The number of nitrogens with one attached hydrogen (secondary N) is 3. The second-order valence-electron chi connectivity index (χ2n) is 6.27. The first kappa shape index (κ1) is 22.6. The van der Waals surface area contributed by atoms with Gasteiger partial charge in [-0.15, -0.1) is 0 Å². The molecule has 0 saturated heterocycles. The fraction of sp³-hybridized carbons (Fsp3) is 0.0455. The van der Waals surface area contributed by atoms with Gasteiger partial charge in [0.1, 0.15) is 5.75 Å². The van der Waals surface area contributed by atoms with Crippen LogP contribution in [0.25, 0.3) is 0 Å². The van der Waals surface area contributed by atoms with E-state index in [1.165, 1.54) is 13.2 Å². The third kappa shape index (κ3) is 5.95. The van der Waals surface area contributed by atoms with E-state index in [2.05, 4.69) is 16.0 Å². The van der Waals surface area contributed by atoms with E-state index in [4.69, 9.17) is 40.2 Å². The van der Waals surface area contributed by atoms with Crippen molar-refractivity contribution in [3.63, 3.8) is 0 Å². The van der Waals surface area contributed by atoms with Crippen LogP contribution in [-0.4, -0.2) is 24.0 Å². The van der Waals surface area contributed by atoms with Crippen molar-refractivity contribution in [1.82, 2.24) is 5.32 Å². The molecule has 31 heavy (non-hydrogen) atoms. The minimum absolute atomic E-state index is 0.0894. The monoisotopic (exact) mass is 473 g/mol. The summed E-state index contributed by atoms with van der Waals surface area (Å²) in [6.07, 6.45) is 0. The zero-order chi connectivity index (χ0) is 22.4. The van der Waals surface area contributed by atoms with Crippen molar-refractivity contribution < 1.29 is 14.3 Å². The Balaban J connectivity index is 1.63. The number of methoxy groups -OCH3 is 1. The summed E-state index contributed by atoms with van der Waals surface area (Å²) in [6.45, 7) is 0. The number of rotatable bonds is 5. The first-order valence-corrected chi connectivity index (χ1v) is 10.2. The van der Waals surface area contributed by atoms with Gasteiger partial charge in [0.15, 0.2) is 5.11 Å². The molecule has 158 valence electrons. The maximum absolute atomic E-state index is 12.4. The maximum Gasteiger partial charge on any atom is 0.257 e. The third-order valence-electron chi connectivity index (χ3n) is 4.14. The molecule has 0 saturated carbocycles. The van der Waals surface area contributed by atoms with Crippen molar-refractivity contribution in [2.75, 3.05) is 17.7 Å². The SMILES string of the molecule is COc1ccc(C(=O)NC(=S)Nc2cccc(NC(=O)c3ccccc3Cl)c2)cc1Cl. The van der Waals surface area contributed by atoms with Crippen LogP contribution >= 0.6 is 35.4 Å². The molecule has 3 aromatic rings. The molecule has 0 radical (unpaired) electrons. The van der Waals surface area contributed by atoms with Gasteiger partial charge in [0.2, 0.25) is 0 Å². The molecule has 0 aliphatic heterocycles. The summed E-state index contributed by atoms with van der Waals surface area (Å²) in [5, 5.41) is 9.03. The van der Waals surface area contributed by atoms with Crippen molar-refractivity contribution in [2.45, 2.75) is 0 Å². The minimum Gasteiger partial charge on any atom is -0.495 e. The average Bonchev–Trinajstić information content (AvgIpc) is 2.74. The number of carbonyl (C=O) groups is 2. The summed E-state index contributed by atoms with van der Waals surface area (Å²) in [5.74, 6) is -0.296. The molecule has 0 heterocycles. The van der Waals surface area contributed by atoms with Crippen LogP contribution < -0.4 is 20.7 Å². The quantitative estimate of drug-likeness (QED) is 0.433. The first-order valence-electron chi connectivity index (χ1n) is 8.99. The summed E-state index contributed by atoms with van der Waals surface area (Å²) in [5.41, 5.74) is 1.81. The van der Waals surface area contributed by atoms with Crippen molar-refractivity contribution >= 4 is 63.7 Å². The van der Waals surface area contributed by atoms with Crippen LogP contribution in [0, 0.1) is 0 Å². The molecule has 0 atom stereocenters. The number of amides is 2. The topological polar surface area (TPSA) is 79.5 Å². The molecular formula is C22H17Cl2N3O3S. The van der Waals surface area contributed by atoms with Gasteiger partial charge in [-0.3, -0.25) is 14.9 Å². The lowest BCUT2D eigenvalue weighted by Gasteiger charge is -2.12. The molecule has 0 aromatic heterocycles. The number of hydrogen-bond donors (Lipinski definition) is 3. The first-order chi connectivity index (χ1) is 14.9. The number of anilines is 2. The van der Waals surface area contributed by atoms with Gasteiger partial charge in [-0.2, -0.15) is 0 Å². The lowest BCUT2D eigenvalue weighted by atomic mass is 10.2. The fourth-order valence-electron chi connectivity index (χ4n) is 2.66. The number of carbonyl (C=O) groups excluding carboxylic acids is 2. The Hall–Kier alpha value is -3.13. The van der Waals surface area contributed by atoms with Gasteiger partial charge < -0.3 is 15.4 Å². The Morgan fingerprint density at radius 1 is 0.839 bits per heavy atom. The molecule has 3 aromatic carbocycles. The maximum atomic E-state index is 12.4. The summed E-state index contributed by atoms with van der Waals surface area (Å²) in [4.78, 5) is 24.8. The Bertz CT molecular complexity index is 1150. The van der Waals surface area contributed by atoms with E-state index < -0.39 is 5.91 Å². The lowest BCUT2D eigenvalue weighted by Crippen LogP contribution is -2.34. The van der Waals surface area contributed by atoms with E-state index in [-0.39, 0.29) is 11.0 Å². The molecule has 0 aliphatic carbocycles. The Labute approximate surface area is 194 Å². The molecule has 2 amide bonds. The highest BCUT2D eigenvalue weighted by Crippen LogP contribution is 2.25. The van der Waals surface area contributed by atoms with Crippen LogP contribution in [0.1, 0.15) is 20.7 Å². The van der Waals surface area contributed by atoms with Crippen LogP contribution in [-0.2, 0) is 0 Å². The number of benzene rings is 3. The van der Waals surface area contributed by atoms with E-state index in [1.807, 2.05) is 0 Å². The van der Waals surface area contributed by atoms with Crippen molar-refractivity contribution in [3.05, 3.63) is 87.9 Å². The molecule has 3 N–H and O–H groups in total. The summed E-state index contributed by atoms with van der Waals surface area (Å²) in [7, 11) is 1.49. The second kappa shape index (κ2) is 10.3. The summed E-state index contributed by atoms with van der Waals surface area (Å²) < 4.78 is 5.07. The number of halogens is 2. The molecule has 0 unspecified atom stereocenters. The lowest BCUT2D eigenvalue weighted by molar-refractivity contribution is 0.0976. The Morgan fingerprint density at radius 3 is 2.23 bits per heavy atom. The third-order valence-corrected chi connectivity index (χ3v) is 4.97. The molecule has 0 spiro atoms. The van der Waals surface area contributed by atoms with Crippen molar-refractivity contribution in [2.24, 2.45) is 0 Å². The van der Waals surface area contributed by atoms with E-state index in [9.17, 15) is 9.59 Å². The van der Waals surface area contributed by atoms with E-state index in [1.54, 1.807) is 60.7 Å². The van der Waals surface area contributed by atoms with E-state index >= 15 is 0 Å². The average molecular weight is 474 g/mol. The zero-order valence-electron chi connectivity index (χ0n) is 16.2. The molecule has 9 heteroatoms. The Morgan fingerprint density at radius 2 is 1.55 bits per heavy atom. The van der Waals surface area contributed by atoms with E-state index in [0.717, 1.165) is 0 Å². The molecule has 0 bridgehead atoms. The zero-order valence-corrected chi connectivity index (χ0v) is 18.6. The van der Waals surface area contributed by atoms with Gasteiger partial charge >= 0.3 is 0 Å². The van der Waals surface area contributed by atoms with Crippen LogP contribution in [0.3, 0.4) is 0 Å². The highest BCUT2D eigenvalue weighted by Gasteiger charge is 2.12. The van der Waals surface area contributed by atoms with Gasteiger partial charge in [-0.1, -0.05) is 41.4 Å². The summed E-state index contributed by atoms with van der Waals surface area (Å²) >= 11 is 17.3. The normalized spacial score (nSPS) is 10.2. The molecular weight excluding hydrogens is 457 g/mol. The van der Waals surface area contributed by atoms with Crippen LogP contribution in [0.15, 0.2) is 66.7 Å². The standard InChI is InChI=1S/C22H17Cl2N3O3S/c1-30-19-10-9-13(11-18(19)24)20(28)27-22(31)26-15-6-4-5-14(12-15)25-21(29)16-7-2-3-8-17(16)23/h2-12H,1H3,(H,25,29)(H2,26,27,28,31). The van der Waals surface area contributed by atoms with E-state index in [0.29, 0.717) is 38.3 Å². The summed E-state index contributed by atoms with van der Waals surface area (Å²) in [6, 6.07) is 18.3. The van der Waals surface area contributed by atoms with Gasteiger partial charge in [-0.25, -0.2) is 0 Å². The largest absolute Gasteiger partial charge is 0.495 e. The van der Waals surface area contributed by atoms with Crippen LogP contribution in [0.5, 0.6) is 5.75 Å². The molecule has 0 aliphatic rings. The molecule has 3 rings (SSSR count). The van der Waals surface area contributed by atoms with Crippen molar-refractivity contribution in [1.29, 1.82) is 0 Å². The number of ether oxygens (including phenoxy) is 1. The second-order valence-corrected chi connectivity index (χ2v) is 7.49. The van der Waals surface area contributed by atoms with Crippen LogP contribution in [0.4, 0.5) is 11.4 Å². The van der Waals surface area contributed by atoms with Crippen molar-refractivity contribution in [3.8, 4) is 5.75 Å². The number of hydrogen-bond acceptors (Lipinski definition) is 4. The fourth-order valence-corrected chi connectivity index (χ4v) is 3.35. The van der Waals surface area contributed by atoms with Gasteiger partial charge in [0.05, 0.1) is 22.7 Å². The van der Waals surface area contributed by atoms with Gasteiger partial charge in [0.25, 0.3) is 11.8 Å². The minimum atomic E-state index is -0.426. The Kier molecular flexibility index (Phi) is 7.46. The smallest absolute Gasteiger partial charge is 0.257 e. The van der Waals surface area contributed by atoms with Crippen LogP contribution in [0.2, 0.25) is 10.0 Å². The van der Waals surface area contributed by atoms with Gasteiger partial charge in [0, 0.05) is 16.9 Å². The molecule has 0 fully saturated rings. The van der Waals surface area contributed by atoms with Gasteiger partial charge in [-0.05, 0) is 60.7 Å². The molecule has 6 nitrogen and oxygen atoms in total. The predicted molar refractivity (Wildman–Crippen MR) is 128 cm³/mol. The highest BCUT2D eigenvalue weighted by molar-refractivity contribution is 7.80.